The Bertz CT molecular complexity index is 97.1. The molecule has 0 amide bonds. The van der Waals surface area contributed by atoms with Crippen LogP contribution >= 0.6 is 0 Å². The number of piperazine rings is 1. The maximum atomic E-state index is 2.52. The predicted molar refractivity (Wildman–Crippen MR) is 39.4 cm³/mol. The van der Waals surface area contributed by atoms with Crippen LogP contribution in [-0.2, 0) is 0 Å². The Hall–Kier alpha value is 0.842. The van der Waals surface area contributed by atoms with Gasteiger partial charge in [0.25, 0.3) is 0 Å². The van der Waals surface area contributed by atoms with Gasteiger partial charge in [0.2, 0.25) is 0 Å². The molecule has 3 radical (unpaired) electrons. The molecule has 1 rings (SSSR count). The van der Waals surface area contributed by atoms with Gasteiger partial charge in [-0.2, -0.15) is 0 Å². The van der Waals surface area contributed by atoms with Crippen molar-refractivity contribution in [1.29, 1.82) is 0 Å². The molecule has 1 atom stereocenters. The van der Waals surface area contributed by atoms with Gasteiger partial charge in [-0.15, -0.1) is 0 Å². The second kappa shape index (κ2) is 3.30. The van der Waals surface area contributed by atoms with Gasteiger partial charge in [0.1, 0.15) is 0 Å². The third-order valence-electron chi connectivity index (χ3n) is 1.96. The van der Waals surface area contributed by atoms with Gasteiger partial charge in [0, 0.05) is 0 Å². The van der Waals surface area contributed by atoms with Gasteiger partial charge < -0.3 is 0 Å². The number of hydrogen-bond acceptors (Lipinski definition) is 2. The molecule has 9 heavy (non-hydrogen) atoms. The van der Waals surface area contributed by atoms with Crippen molar-refractivity contribution in [3.63, 3.8) is 0 Å². The predicted octanol–water partition coefficient (Wildman–Crippen LogP) is -0.294. The summed E-state index contributed by atoms with van der Waals surface area (Å²) in [5.41, 5.74) is 0. The van der Waals surface area contributed by atoms with Gasteiger partial charge in [-0.05, 0) is 0 Å². The Kier molecular flexibility index (Phi) is 2.91. The fourth-order valence-corrected chi connectivity index (χ4v) is 2.46. The van der Waals surface area contributed by atoms with Crippen LogP contribution in [0.5, 0.6) is 0 Å². The molecule has 0 aromatic heterocycles. The first-order valence-corrected chi connectivity index (χ1v) is 5.10. The average molecular weight is 320 g/mol. The van der Waals surface area contributed by atoms with Crippen molar-refractivity contribution >= 4 is 26.1 Å². The van der Waals surface area contributed by atoms with Gasteiger partial charge in [0.05, 0.1) is 0 Å². The fraction of sp³-hybridized carbons (Fsp3) is 1.00. The van der Waals surface area contributed by atoms with E-state index in [4.69, 9.17) is 0 Å². The van der Waals surface area contributed by atoms with Gasteiger partial charge in [-0.1, -0.05) is 0 Å². The summed E-state index contributed by atoms with van der Waals surface area (Å²) in [5, 5.41) is 0. The summed E-state index contributed by atoms with van der Waals surface area (Å²) >= 11 is 1.24. The van der Waals surface area contributed by atoms with E-state index >= 15 is 0 Å². The molecule has 0 saturated carbocycles. The Balaban J connectivity index is 2.35. The Morgan fingerprint density at radius 3 is 2.56 bits per heavy atom. The van der Waals surface area contributed by atoms with Gasteiger partial charge >= 0.3 is 73.3 Å². The van der Waals surface area contributed by atoms with Crippen molar-refractivity contribution < 1.29 is 0 Å². The minimum absolute atomic E-state index is 0.774. The molecular weight excluding hydrogens is 307 g/mol. The zero-order chi connectivity index (χ0) is 6.85. The summed E-state index contributed by atoms with van der Waals surface area (Å²) in [4.78, 5) is 2.42. The van der Waals surface area contributed by atoms with Gasteiger partial charge in [-0.3, -0.25) is 0 Å². The normalized spacial score (nSPS) is 33.0. The molecule has 0 spiro atoms. The summed E-state index contributed by atoms with van der Waals surface area (Å²) < 4.78 is 2.52. The van der Waals surface area contributed by atoms with Crippen molar-refractivity contribution in [2.75, 3.05) is 26.7 Å². The Morgan fingerprint density at radius 2 is 2.11 bits per heavy atom. The Labute approximate surface area is 73.3 Å². The molecular formula is C6H13N2Pb. The molecule has 0 N–H and O–H groups in total. The number of likely N-dealkylation sites (N-methyl/N-ethyl adjacent to an activating group) is 1. The van der Waals surface area contributed by atoms with E-state index in [1.54, 1.807) is 0 Å². The first-order chi connectivity index (χ1) is 4.20. The molecule has 2 nitrogen and oxygen atoms in total. The second-order valence-electron chi connectivity index (χ2n) is 2.78. The van der Waals surface area contributed by atoms with Gasteiger partial charge in [0.15, 0.2) is 0 Å². The minimum atomic E-state index is 0.774. The van der Waals surface area contributed by atoms with Crippen LogP contribution in [0, 0.1) is 0 Å². The summed E-state index contributed by atoms with van der Waals surface area (Å²) in [6.07, 6.45) is 0. The summed E-state index contributed by atoms with van der Waals surface area (Å²) in [5.74, 6) is 0. The third kappa shape index (κ3) is 2.16. The van der Waals surface area contributed by atoms with Crippen LogP contribution in [-0.4, -0.2) is 66.4 Å². The molecule has 0 aliphatic carbocycles. The molecule has 1 aliphatic rings. The monoisotopic (exact) mass is 321 g/mol. The van der Waals surface area contributed by atoms with E-state index in [2.05, 4.69) is 21.6 Å². The summed E-state index contributed by atoms with van der Waals surface area (Å²) in [6.45, 7) is 6.12. The van der Waals surface area contributed by atoms with E-state index in [0.29, 0.717) is 0 Å². The molecule has 0 aromatic carbocycles. The third-order valence-corrected chi connectivity index (χ3v) is 3.54. The zero-order valence-electron chi connectivity index (χ0n) is 6.09. The van der Waals surface area contributed by atoms with Crippen LogP contribution in [0.4, 0.5) is 0 Å². The van der Waals surface area contributed by atoms with Crippen molar-refractivity contribution in [1.82, 2.24) is 7.61 Å². The molecule has 1 unspecified atom stereocenters. The van der Waals surface area contributed by atoms with Crippen LogP contribution < -0.4 is 0 Å². The molecule has 3 heteroatoms. The van der Waals surface area contributed by atoms with Crippen LogP contribution in [0.1, 0.15) is 6.92 Å². The van der Waals surface area contributed by atoms with E-state index < -0.39 is 0 Å². The fourth-order valence-electron chi connectivity index (χ4n) is 1.05. The van der Waals surface area contributed by atoms with Crippen LogP contribution in [0.2, 0.25) is 0 Å². The molecule has 1 fully saturated rings. The number of rotatable bonds is 0. The molecule has 1 aliphatic heterocycles. The molecule has 1 heterocycles. The first-order valence-electron chi connectivity index (χ1n) is 3.36. The van der Waals surface area contributed by atoms with E-state index in [1.807, 2.05) is 0 Å². The van der Waals surface area contributed by atoms with E-state index in [0.717, 1.165) is 6.04 Å². The van der Waals surface area contributed by atoms with Crippen LogP contribution in [0.3, 0.4) is 0 Å². The topological polar surface area (TPSA) is 6.48 Å². The second-order valence-corrected chi connectivity index (χ2v) is 5.23. The van der Waals surface area contributed by atoms with Crippen LogP contribution in [0.15, 0.2) is 0 Å². The molecule has 1 saturated heterocycles. The van der Waals surface area contributed by atoms with Crippen LogP contribution in [0.25, 0.3) is 0 Å². The van der Waals surface area contributed by atoms with Gasteiger partial charge in [-0.25, -0.2) is 0 Å². The standard InChI is InChI=1S/C6H13N2.Pb/c1-6-5-7-3-4-8(6)2;/h6H,3-5H2,1-2H3;/q-1;+1. The van der Waals surface area contributed by atoms with E-state index in [-0.39, 0.29) is 0 Å². The van der Waals surface area contributed by atoms with Crippen molar-refractivity contribution in [3.8, 4) is 0 Å². The molecule has 0 aromatic rings. The quantitative estimate of drug-likeness (QED) is 0.566. The number of nitrogens with zero attached hydrogens (tertiary/aromatic N) is 2. The van der Waals surface area contributed by atoms with Crippen molar-refractivity contribution in [2.45, 2.75) is 13.0 Å². The average Bonchev–Trinajstić information content (AvgIpc) is 1.80. The van der Waals surface area contributed by atoms with Crippen molar-refractivity contribution in [3.05, 3.63) is 0 Å². The SMILES string of the molecule is CC1C[N]([Pb])CCN1C. The van der Waals surface area contributed by atoms with E-state index in [1.165, 1.54) is 45.7 Å². The molecule has 51 valence electrons. The summed E-state index contributed by atoms with van der Waals surface area (Å²) in [7, 11) is 2.21. The first kappa shape index (κ1) is 7.94. The zero-order valence-corrected chi connectivity index (χ0v) is 9.98. The maximum absolute atomic E-state index is 2.52. The molecule has 0 bridgehead atoms. The number of hydrogen-bond donors (Lipinski definition) is 0. The van der Waals surface area contributed by atoms with Crippen molar-refractivity contribution in [2.24, 2.45) is 0 Å². The van der Waals surface area contributed by atoms with E-state index in [9.17, 15) is 0 Å². The Morgan fingerprint density at radius 1 is 1.44 bits per heavy atom. The summed E-state index contributed by atoms with van der Waals surface area (Å²) in [6, 6.07) is 0.774.